The van der Waals surface area contributed by atoms with E-state index in [9.17, 15) is 9.18 Å². The molecule has 1 amide bonds. The molecule has 0 radical (unpaired) electrons. The summed E-state index contributed by atoms with van der Waals surface area (Å²) in [6.45, 7) is 0. The van der Waals surface area contributed by atoms with Gasteiger partial charge in [0.25, 0.3) is 5.91 Å². The van der Waals surface area contributed by atoms with E-state index in [1.54, 1.807) is 36.4 Å². The van der Waals surface area contributed by atoms with Crippen molar-refractivity contribution in [2.75, 3.05) is 17.7 Å². The average Bonchev–Trinajstić information content (AvgIpc) is 2.65. The van der Waals surface area contributed by atoms with Gasteiger partial charge in [0, 0.05) is 17.6 Å². The molecule has 132 valence electrons. The zero-order chi connectivity index (χ0) is 18.5. The lowest BCUT2D eigenvalue weighted by Gasteiger charge is -2.11. The Bertz CT molecular complexity index is 950. The summed E-state index contributed by atoms with van der Waals surface area (Å²) in [7, 11) is 1.53. The number of carbonyl (C=O) groups excluding carboxylic acids is 1. The van der Waals surface area contributed by atoms with E-state index in [2.05, 4.69) is 15.6 Å². The molecular formula is C19H15ClFN3O2. The van der Waals surface area contributed by atoms with Gasteiger partial charge in [-0.3, -0.25) is 9.78 Å². The van der Waals surface area contributed by atoms with Gasteiger partial charge in [-0.2, -0.15) is 0 Å². The lowest BCUT2D eigenvalue weighted by molar-refractivity contribution is 0.102. The van der Waals surface area contributed by atoms with Crippen molar-refractivity contribution in [2.45, 2.75) is 0 Å². The SMILES string of the molecule is COc1ccccc1NC(=O)c1cc(Nc2ccc(F)c(Cl)c2)ccn1. The number of rotatable bonds is 5. The van der Waals surface area contributed by atoms with E-state index >= 15 is 0 Å². The maximum atomic E-state index is 13.2. The first kappa shape index (κ1) is 17.7. The van der Waals surface area contributed by atoms with E-state index in [-0.39, 0.29) is 16.6 Å². The third-order valence-corrected chi connectivity index (χ3v) is 3.85. The highest BCUT2D eigenvalue weighted by Crippen LogP contribution is 2.25. The van der Waals surface area contributed by atoms with E-state index in [0.29, 0.717) is 22.8 Å². The molecule has 1 aromatic heterocycles. The molecule has 0 unspecified atom stereocenters. The second-order valence-corrected chi connectivity index (χ2v) is 5.75. The largest absolute Gasteiger partial charge is 0.495 e. The second kappa shape index (κ2) is 7.84. The van der Waals surface area contributed by atoms with E-state index in [1.807, 2.05) is 6.07 Å². The number of halogens is 2. The maximum absolute atomic E-state index is 13.2. The minimum Gasteiger partial charge on any atom is -0.495 e. The highest BCUT2D eigenvalue weighted by molar-refractivity contribution is 6.31. The smallest absolute Gasteiger partial charge is 0.274 e. The molecule has 0 saturated heterocycles. The molecule has 2 aromatic carbocycles. The highest BCUT2D eigenvalue weighted by Gasteiger charge is 2.11. The van der Waals surface area contributed by atoms with Gasteiger partial charge in [0.2, 0.25) is 0 Å². The summed E-state index contributed by atoms with van der Waals surface area (Å²) in [5.74, 6) is -0.324. The number of hydrogen-bond donors (Lipinski definition) is 2. The van der Waals surface area contributed by atoms with Crippen molar-refractivity contribution in [3.8, 4) is 5.75 Å². The number of benzene rings is 2. The zero-order valence-electron chi connectivity index (χ0n) is 13.8. The van der Waals surface area contributed by atoms with Gasteiger partial charge in [0.15, 0.2) is 0 Å². The molecule has 0 fully saturated rings. The Balaban J connectivity index is 1.78. The summed E-state index contributed by atoms with van der Waals surface area (Å²) in [5, 5.41) is 5.83. The molecule has 1 heterocycles. The van der Waals surface area contributed by atoms with Gasteiger partial charge < -0.3 is 15.4 Å². The van der Waals surface area contributed by atoms with Gasteiger partial charge in [-0.05, 0) is 42.5 Å². The van der Waals surface area contributed by atoms with E-state index in [4.69, 9.17) is 16.3 Å². The summed E-state index contributed by atoms with van der Waals surface area (Å²) in [5.41, 5.74) is 1.98. The van der Waals surface area contributed by atoms with Crippen molar-refractivity contribution in [1.29, 1.82) is 0 Å². The van der Waals surface area contributed by atoms with Crippen LogP contribution in [0.5, 0.6) is 5.75 Å². The normalized spacial score (nSPS) is 10.3. The first-order valence-corrected chi connectivity index (χ1v) is 8.07. The number of ether oxygens (including phenoxy) is 1. The number of pyridine rings is 1. The van der Waals surface area contributed by atoms with Crippen LogP contribution in [0.25, 0.3) is 0 Å². The molecule has 0 aliphatic carbocycles. The van der Waals surface area contributed by atoms with Crippen LogP contribution < -0.4 is 15.4 Å². The van der Waals surface area contributed by atoms with Crippen molar-refractivity contribution >= 4 is 34.6 Å². The number of amides is 1. The third kappa shape index (κ3) is 4.10. The van der Waals surface area contributed by atoms with Crippen LogP contribution in [0.3, 0.4) is 0 Å². The van der Waals surface area contributed by atoms with Gasteiger partial charge in [0.05, 0.1) is 17.8 Å². The van der Waals surface area contributed by atoms with E-state index < -0.39 is 5.82 Å². The third-order valence-electron chi connectivity index (χ3n) is 3.56. The van der Waals surface area contributed by atoms with Crippen LogP contribution in [0.15, 0.2) is 60.8 Å². The molecule has 5 nitrogen and oxygen atoms in total. The highest BCUT2D eigenvalue weighted by atomic mass is 35.5. The van der Waals surface area contributed by atoms with Gasteiger partial charge in [-0.1, -0.05) is 23.7 Å². The fraction of sp³-hybridized carbons (Fsp3) is 0.0526. The molecule has 26 heavy (non-hydrogen) atoms. The van der Waals surface area contributed by atoms with Crippen molar-refractivity contribution in [3.05, 3.63) is 77.3 Å². The molecule has 3 rings (SSSR count). The Morgan fingerprint density at radius 1 is 1.12 bits per heavy atom. The lowest BCUT2D eigenvalue weighted by atomic mass is 10.2. The lowest BCUT2D eigenvalue weighted by Crippen LogP contribution is -2.14. The first-order chi connectivity index (χ1) is 12.6. The topological polar surface area (TPSA) is 63.2 Å². The number of anilines is 3. The van der Waals surface area contributed by atoms with Gasteiger partial charge in [-0.25, -0.2) is 4.39 Å². The summed E-state index contributed by atoms with van der Waals surface area (Å²) >= 11 is 5.78. The van der Waals surface area contributed by atoms with Gasteiger partial charge in [-0.15, -0.1) is 0 Å². The standard InChI is InChI=1S/C19H15ClFN3O2/c1-26-18-5-3-2-4-16(18)24-19(25)17-11-13(8-9-22-17)23-12-6-7-15(21)14(20)10-12/h2-11H,1H3,(H,22,23)(H,24,25). The number of nitrogens with zero attached hydrogens (tertiary/aromatic N) is 1. The van der Waals surface area contributed by atoms with Crippen LogP contribution >= 0.6 is 11.6 Å². The molecule has 0 aliphatic heterocycles. The van der Waals surface area contributed by atoms with Crippen molar-refractivity contribution in [2.24, 2.45) is 0 Å². The molecule has 0 saturated carbocycles. The van der Waals surface area contributed by atoms with Crippen molar-refractivity contribution < 1.29 is 13.9 Å². The minimum absolute atomic E-state index is 0.0122. The Morgan fingerprint density at radius 3 is 2.65 bits per heavy atom. The number of methoxy groups -OCH3 is 1. The predicted molar refractivity (Wildman–Crippen MR) is 99.9 cm³/mol. The number of para-hydroxylation sites is 2. The Kier molecular flexibility index (Phi) is 5.34. The number of hydrogen-bond acceptors (Lipinski definition) is 4. The average molecular weight is 372 g/mol. The number of aromatic nitrogens is 1. The first-order valence-electron chi connectivity index (χ1n) is 7.69. The molecule has 2 N–H and O–H groups in total. The summed E-state index contributed by atoms with van der Waals surface area (Å²) in [6.07, 6.45) is 1.50. The monoisotopic (exact) mass is 371 g/mol. The minimum atomic E-state index is -0.496. The van der Waals surface area contributed by atoms with E-state index in [0.717, 1.165) is 0 Å². The summed E-state index contributed by atoms with van der Waals surface area (Å²) in [6, 6.07) is 14.6. The summed E-state index contributed by atoms with van der Waals surface area (Å²) < 4.78 is 18.5. The summed E-state index contributed by atoms with van der Waals surface area (Å²) in [4.78, 5) is 16.5. The zero-order valence-corrected chi connectivity index (χ0v) is 14.5. The van der Waals surface area contributed by atoms with Crippen LogP contribution in [0.2, 0.25) is 5.02 Å². The van der Waals surface area contributed by atoms with Gasteiger partial charge in [0.1, 0.15) is 17.3 Å². The Labute approximate surface area is 154 Å². The van der Waals surface area contributed by atoms with Gasteiger partial charge >= 0.3 is 0 Å². The fourth-order valence-corrected chi connectivity index (χ4v) is 2.49. The Hall–Kier alpha value is -3.12. The molecular weight excluding hydrogens is 357 g/mol. The quantitative estimate of drug-likeness (QED) is 0.671. The fourth-order valence-electron chi connectivity index (χ4n) is 2.31. The van der Waals surface area contributed by atoms with Crippen LogP contribution in [-0.2, 0) is 0 Å². The molecule has 0 atom stereocenters. The molecule has 0 aliphatic rings. The predicted octanol–water partition coefficient (Wildman–Crippen LogP) is 4.88. The maximum Gasteiger partial charge on any atom is 0.274 e. The van der Waals surface area contributed by atoms with E-state index in [1.165, 1.54) is 25.4 Å². The number of nitrogens with one attached hydrogen (secondary N) is 2. The second-order valence-electron chi connectivity index (χ2n) is 5.34. The Morgan fingerprint density at radius 2 is 1.88 bits per heavy atom. The van der Waals surface area contributed by atoms with Crippen LogP contribution in [0.1, 0.15) is 10.5 Å². The molecule has 0 spiro atoms. The van der Waals surface area contributed by atoms with Crippen molar-refractivity contribution in [1.82, 2.24) is 4.98 Å². The van der Waals surface area contributed by atoms with Crippen LogP contribution in [0, 0.1) is 5.82 Å². The molecule has 0 bridgehead atoms. The molecule has 7 heteroatoms. The van der Waals surface area contributed by atoms with Crippen molar-refractivity contribution in [3.63, 3.8) is 0 Å². The molecule has 3 aromatic rings. The van der Waals surface area contributed by atoms with Crippen LogP contribution in [0.4, 0.5) is 21.5 Å². The number of carbonyl (C=O) groups is 1. The van der Waals surface area contributed by atoms with Crippen LogP contribution in [-0.4, -0.2) is 18.0 Å².